The monoisotopic (exact) mass is 223 g/mol. The number of aryl methyl sites for hydroxylation is 1. The van der Waals surface area contributed by atoms with Gasteiger partial charge in [0, 0.05) is 22.7 Å². The Hall–Kier alpha value is -1.16. The summed E-state index contributed by atoms with van der Waals surface area (Å²) in [7, 11) is 0. The molecule has 1 fully saturated rings. The number of likely N-dealkylation sites (tertiary alicyclic amines) is 1. The van der Waals surface area contributed by atoms with E-state index in [1.807, 2.05) is 26.0 Å². The SMILES string of the molecule is Cc1ccc(C(C)N2CCC(=O)C2=O)s1. The smallest absolute Gasteiger partial charge is 0.290 e. The topological polar surface area (TPSA) is 37.4 Å². The molecule has 0 spiro atoms. The number of carbonyl (C=O) groups is 2. The highest BCUT2D eigenvalue weighted by atomic mass is 32.1. The highest BCUT2D eigenvalue weighted by Crippen LogP contribution is 2.29. The van der Waals surface area contributed by atoms with Crippen molar-refractivity contribution in [2.75, 3.05) is 6.54 Å². The lowest BCUT2D eigenvalue weighted by molar-refractivity contribution is -0.141. The number of thiophene rings is 1. The van der Waals surface area contributed by atoms with Crippen molar-refractivity contribution in [3.8, 4) is 0 Å². The highest BCUT2D eigenvalue weighted by molar-refractivity contribution is 7.12. The first-order chi connectivity index (χ1) is 7.09. The second-order valence-corrected chi connectivity index (χ2v) is 5.12. The molecule has 80 valence electrons. The van der Waals surface area contributed by atoms with E-state index in [0.29, 0.717) is 13.0 Å². The van der Waals surface area contributed by atoms with Gasteiger partial charge in [0.15, 0.2) is 0 Å². The molecule has 0 saturated carbocycles. The van der Waals surface area contributed by atoms with Crippen LogP contribution in [0.4, 0.5) is 0 Å². The number of ketones is 1. The Kier molecular flexibility index (Phi) is 2.61. The summed E-state index contributed by atoms with van der Waals surface area (Å²) in [5.41, 5.74) is 0. The number of hydrogen-bond acceptors (Lipinski definition) is 3. The summed E-state index contributed by atoms with van der Waals surface area (Å²) in [5, 5.41) is 0. The average molecular weight is 223 g/mol. The maximum atomic E-state index is 11.5. The van der Waals surface area contributed by atoms with Crippen LogP contribution in [0.15, 0.2) is 12.1 Å². The fourth-order valence-corrected chi connectivity index (χ4v) is 2.73. The number of rotatable bonds is 2. The number of nitrogens with zero attached hydrogens (tertiary/aromatic N) is 1. The number of amides is 1. The van der Waals surface area contributed by atoms with Crippen molar-refractivity contribution in [1.82, 2.24) is 4.90 Å². The van der Waals surface area contributed by atoms with Gasteiger partial charge >= 0.3 is 0 Å². The molecule has 1 aromatic heterocycles. The van der Waals surface area contributed by atoms with E-state index in [2.05, 4.69) is 0 Å². The largest absolute Gasteiger partial charge is 0.328 e. The molecule has 2 heterocycles. The molecule has 4 heteroatoms. The molecular weight excluding hydrogens is 210 g/mol. The third kappa shape index (κ3) is 1.81. The van der Waals surface area contributed by atoms with Crippen molar-refractivity contribution in [3.63, 3.8) is 0 Å². The number of Topliss-reactive ketones (excluding diaryl/α,β-unsaturated/α-hetero) is 1. The minimum atomic E-state index is -0.325. The Morgan fingerprint density at radius 2 is 2.13 bits per heavy atom. The van der Waals surface area contributed by atoms with Crippen LogP contribution >= 0.6 is 11.3 Å². The van der Waals surface area contributed by atoms with E-state index < -0.39 is 0 Å². The maximum absolute atomic E-state index is 11.5. The van der Waals surface area contributed by atoms with Gasteiger partial charge in [-0.25, -0.2) is 0 Å². The van der Waals surface area contributed by atoms with Crippen molar-refractivity contribution < 1.29 is 9.59 Å². The first-order valence-corrected chi connectivity index (χ1v) is 5.81. The summed E-state index contributed by atoms with van der Waals surface area (Å²) >= 11 is 1.68. The van der Waals surface area contributed by atoms with Gasteiger partial charge in [0.25, 0.3) is 5.91 Å². The van der Waals surface area contributed by atoms with Gasteiger partial charge in [-0.15, -0.1) is 11.3 Å². The van der Waals surface area contributed by atoms with Crippen molar-refractivity contribution >= 4 is 23.0 Å². The zero-order valence-electron chi connectivity index (χ0n) is 8.82. The minimum absolute atomic E-state index is 0.0302. The molecule has 1 aliphatic rings. The fraction of sp³-hybridized carbons (Fsp3) is 0.455. The Morgan fingerprint density at radius 3 is 2.60 bits per heavy atom. The summed E-state index contributed by atoms with van der Waals surface area (Å²) in [6, 6.07) is 4.10. The van der Waals surface area contributed by atoms with Crippen LogP contribution in [-0.4, -0.2) is 23.1 Å². The van der Waals surface area contributed by atoms with Gasteiger partial charge in [-0.3, -0.25) is 9.59 Å². The van der Waals surface area contributed by atoms with E-state index in [9.17, 15) is 9.59 Å². The molecule has 0 aromatic carbocycles. The van der Waals surface area contributed by atoms with E-state index in [0.717, 1.165) is 4.88 Å². The van der Waals surface area contributed by atoms with Crippen LogP contribution in [0.5, 0.6) is 0 Å². The molecule has 1 unspecified atom stereocenters. The molecule has 15 heavy (non-hydrogen) atoms. The van der Waals surface area contributed by atoms with Gasteiger partial charge in [0.1, 0.15) is 0 Å². The zero-order chi connectivity index (χ0) is 11.0. The standard InChI is InChI=1S/C11H13NO2S/c1-7-3-4-10(15-7)8(2)12-6-5-9(13)11(12)14/h3-4,8H,5-6H2,1-2H3. The average Bonchev–Trinajstić information content (AvgIpc) is 2.75. The Labute approximate surface area is 92.7 Å². The molecule has 1 atom stereocenters. The minimum Gasteiger partial charge on any atom is -0.328 e. The third-order valence-corrected chi connectivity index (χ3v) is 3.89. The fourth-order valence-electron chi connectivity index (χ4n) is 1.79. The first kappa shape index (κ1) is 10.4. The molecule has 0 radical (unpaired) electrons. The molecule has 1 saturated heterocycles. The van der Waals surface area contributed by atoms with Crippen LogP contribution in [0.1, 0.15) is 29.1 Å². The summed E-state index contributed by atoms with van der Waals surface area (Å²) in [6.07, 6.45) is 0.369. The van der Waals surface area contributed by atoms with E-state index in [1.54, 1.807) is 16.2 Å². The van der Waals surface area contributed by atoms with Gasteiger partial charge in [-0.1, -0.05) is 0 Å². The number of carbonyl (C=O) groups excluding carboxylic acids is 2. The van der Waals surface area contributed by atoms with Gasteiger partial charge in [-0.05, 0) is 26.0 Å². The summed E-state index contributed by atoms with van der Waals surface area (Å²) in [6.45, 7) is 4.58. The van der Waals surface area contributed by atoms with Crippen LogP contribution in [0.3, 0.4) is 0 Å². The first-order valence-electron chi connectivity index (χ1n) is 4.99. The van der Waals surface area contributed by atoms with Crippen molar-refractivity contribution in [2.24, 2.45) is 0 Å². The molecule has 1 aromatic rings. The quantitative estimate of drug-likeness (QED) is 0.718. The predicted octanol–water partition coefficient (Wildman–Crippen LogP) is 1.92. The lowest BCUT2D eigenvalue weighted by Crippen LogP contribution is -2.29. The van der Waals surface area contributed by atoms with E-state index in [4.69, 9.17) is 0 Å². The number of hydrogen-bond donors (Lipinski definition) is 0. The van der Waals surface area contributed by atoms with E-state index in [-0.39, 0.29) is 17.7 Å². The Bertz CT molecular complexity index is 410. The summed E-state index contributed by atoms with van der Waals surface area (Å²) in [5.74, 6) is -0.580. The predicted molar refractivity (Wildman–Crippen MR) is 58.8 cm³/mol. The normalized spacial score (nSPS) is 18.7. The maximum Gasteiger partial charge on any atom is 0.290 e. The van der Waals surface area contributed by atoms with Crippen molar-refractivity contribution in [2.45, 2.75) is 26.3 Å². The van der Waals surface area contributed by atoms with Gasteiger partial charge in [0.05, 0.1) is 6.04 Å². The lowest BCUT2D eigenvalue weighted by Gasteiger charge is -2.22. The Balaban J connectivity index is 2.18. The van der Waals surface area contributed by atoms with Crippen LogP contribution in [0, 0.1) is 6.92 Å². The summed E-state index contributed by atoms with van der Waals surface area (Å²) in [4.78, 5) is 26.7. The molecule has 1 amide bonds. The van der Waals surface area contributed by atoms with Crippen molar-refractivity contribution in [1.29, 1.82) is 0 Å². The van der Waals surface area contributed by atoms with Crippen molar-refractivity contribution in [3.05, 3.63) is 21.9 Å². The summed E-state index contributed by atoms with van der Waals surface area (Å²) < 4.78 is 0. The van der Waals surface area contributed by atoms with Crippen LogP contribution in [0.2, 0.25) is 0 Å². The lowest BCUT2D eigenvalue weighted by atomic mass is 10.2. The molecule has 0 N–H and O–H groups in total. The second kappa shape index (κ2) is 3.77. The molecular formula is C11H13NO2S. The molecule has 0 aliphatic carbocycles. The van der Waals surface area contributed by atoms with Gasteiger partial charge in [-0.2, -0.15) is 0 Å². The Morgan fingerprint density at radius 1 is 1.40 bits per heavy atom. The second-order valence-electron chi connectivity index (χ2n) is 3.80. The van der Waals surface area contributed by atoms with Crippen LogP contribution in [-0.2, 0) is 9.59 Å². The van der Waals surface area contributed by atoms with Gasteiger partial charge < -0.3 is 4.90 Å². The zero-order valence-corrected chi connectivity index (χ0v) is 9.63. The molecule has 0 bridgehead atoms. The van der Waals surface area contributed by atoms with Crippen LogP contribution < -0.4 is 0 Å². The van der Waals surface area contributed by atoms with Crippen LogP contribution in [0.25, 0.3) is 0 Å². The van der Waals surface area contributed by atoms with E-state index >= 15 is 0 Å². The van der Waals surface area contributed by atoms with Gasteiger partial charge in [0.2, 0.25) is 5.78 Å². The molecule has 2 rings (SSSR count). The molecule has 3 nitrogen and oxygen atoms in total. The van der Waals surface area contributed by atoms with E-state index in [1.165, 1.54) is 4.88 Å². The third-order valence-electron chi connectivity index (χ3n) is 2.72. The molecule has 1 aliphatic heterocycles. The highest BCUT2D eigenvalue weighted by Gasteiger charge is 2.33.